The SMILES string of the molecule is Cc1cc(C(C)C)c([O][Tl]([Cl])[Cl])c(C(C)Pc2ccccc2N(c2ccccc2)c2ccccc2)c1. The molecule has 2 unspecified atom stereocenters. The molecule has 0 aliphatic heterocycles. The number of benzene rings is 4. The van der Waals surface area contributed by atoms with Gasteiger partial charge in [0.2, 0.25) is 0 Å². The van der Waals surface area contributed by atoms with Gasteiger partial charge < -0.3 is 0 Å². The van der Waals surface area contributed by atoms with Crippen molar-refractivity contribution < 1.29 is 2.69 Å². The van der Waals surface area contributed by atoms with E-state index >= 15 is 0 Å². The molecule has 184 valence electrons. The molecule has 0 saturated heterocycles. The average Bonchev–Trinajstić information content (AvgIpc) is 2.87. The van der Waals surface area contributed by atoms with Gasteiger partial charge in [0.15, 0.2) is 0 Å². The first kappa shape index (κ1) is 27.4. The molecule has 4 aromatic carbocycles. The van der Waals surface area contributed by atoms with E-state index in [-0.39, 0.29) is 5.66 Å². The molecule has 2 nitrogen and oxygen atoms in total. The van der Waals surface area contributed by atoms with E-state index in [1.807, 2.05) is 0 Å². The van der Waals surface area contributed by atoms with Crippen LogP contribution in [0.4, 0.5) is 17.1 Å². The van der Waals surface area contributed by atoms with Crippen LogP contribution in [-0.4, -0.2) is 20.7 Å². The van der Waals surface area contributed by atoms with E-state index in [9.17, 15) is 0 Å². The molecule has 0 N–H and O–H groups in total. The van der Waals surface area contributed by atoms with E-state index in [1.165, 1.54) is 27.7 Å². The predicted molar refractivity (Wildman–Crippen MR) is 161 cm³/mol. The molecular formula is C30H31Cl2NOPTl. The van der Waals surface area contributed by atoms with Gasteiger partial charge in [-0.1, -0.05) is 0 Å². The summed E-state index contributed by atoms with van der Waals surface area (Å²) in [7, 11) is 13.2. The third-order valence-electron chi connectivity index (χ3n) is 6.13. The van der Waals surface area contributed by atoms with Gasteiger partial charge in [-0.25, -0.2) is 0 Å². The molecule has 0 bridgehead atoms. The molecule has 0 aliphatic carbocycles. The van der Waals surface area contributed by atoms with Gasteiger partial charge >= 0.3 is 235 Å². The third-order valence-corrected chi connectivity index (χ3v) is 10.8. The maximum atomic E-state index is 6.33. The molecule has 0 radical (unpaired) electrons. The van der Waals surface area contributed by atoms with E-state index in [0.29, 0.717) is 14.5 Å². The normalized spacial score (nSPS) is 12.2. The number of anilines is 3. The van der Waals surface area contributed by atoms with Crippen molar-refractivity contribution in [1.82, 2.24) is 0 Å². The van der Waals surface area contributed by atoms with Gasteiger partial charge in [0.05, 0.1) is 0 Å². The van der Waals surface area contributed by atoms with E-state index in [4.69, 9.17) is 19.3 Å². The van der Waals surface area contributed by atoms with E-state index in [2.05, 4.69) is 130 Å². The first-order chi connectivity index (χ1) is 17.3. The minimum atomic E-state index is -3.14. The Labute approximate surface area is 233 Å². The number of aryl methyl sites for hydroxylation is 1. The van der Waals surface area contributed by atoms with Crippen LogP contribution in [0.2, 0.25) is 0 Å². The fourth-order valence-corrected chi connectivity index (χ4v) is 9.17. The van der Waals surface area contributed by atoms with Gasteiger partial charge in [0, 0.05) is 0 Å². The van der Waals surface area contributed by atoms with Gasteiger partial charge in [-0.05, 0) is 0 Å². The second kappa shape index (κ2) is 12.8. The van der Waals surface area contributed by atoms with Crippen molar-refractivity contribution in [1.29, 1.82) is 0 Å². The molecular weight excluding hydrogens is 697 g/mol. The summed E-state index contributed by atoms with van der Waals surface area (Å²) in [5, 5.41) is 1.30. The summed E-state index contributed by atoms with van der Waals surface area (Å²) in [6, 6.07) is 34.3. The van der Waals surface area contributed by atoms with Crippen LogP contribution in [-0.2, 0) is 0 Å². The van der Waals surface area contributed by atoms with Crippen molar-refractivity contribution in [3.63, 3.8) is 0 Å². The summed E-state index contributed by atoms with van der Waals surface area (Å²) in [6.45, 7) is 8.82. The molecule has 36 heavy (non-hydrogen) atoms. The van der Waals surface area contributed by atoms with Crippen molar-refractivity contribution in [2.45, 2.75) is 39.3 Å². The second-order valence-electron chi connectivity index (χ2n) is 9.20. The van der Waals surface area contributed by atoms with Crippen molar-refractivity contribution in [2.75, 3.05) is 4.90 Å². The molecule has 0 aromatic heterocycles. The van der Waals surface area contributed by atoms with Gasteiger partial charge in [-0.3, -0.25) is 0 Å². The van der Waals surface area contributed by atoms with Crippen LogP contribution in [0.5, 0.6) is 5.75 Å². The molecule has 0 amide bonds. The Morgan fingerprint density at radius 3 is 1.83 bits per heavy atom. The average molecular weight is 728 g/mol. The quantitative estimate of drug-likeness (QED) is 0.126. The fraction of sp³-hybridized carbons (Fsp3) is 0.200. The van der Waals surface area contributed by atoms with Crippen molar-refractivity contribution >= 4 is 68.3 Å². The summed E-state index contributed by atoms with van der Waals surface area (Å²) >= 11 is -3.14. The van der Waals surface area contributed by atoms with Gasteiger partial charge in [-0.15, -0.1) is 0 Å². The Bertz CT molecular complexity index is 1250. The summed E-state index contributed by atoms with van der Waals surface area (Å²) in [4.78, 5) is 2.34. The van der Waals surface area contributed by atoms with Crippen molar-refractivity contribution in [3.05, 3.63) is 114 Å². The Kier molecular flexibility index (Phi) is 9.74. The summed E-state index contributed by atoms with van der Waals surface area (Å²) < 4.78 is 6.22. The molecule has 0 fully saturated rings. The Balaban J connectivity index is 1.78. The van der Waals surface area contributed by atoms with Crippen molar-refractivity contribution in [3.8, 4) is 5.75 Å². The van der Waals surface area contributed by atoms with Gasteiger partial charge in [0.25, 0.3) is 0 Å². The van der Waals surface area contributed by atoms with Crippen LogP contribution in [0.25, 0.3) is 0 Å². The number of hydrogen-bond acceptors (Lipinski definition) is 2. The first-order valence-electron chi connectivity index (χ1n) is 12.2. The van der Waals surface area contributed by atoms with Crippen LogP contribution in [0.1, 0.15) is 49.0 Å². The number of para-hydroxylation sites is 3. The molecule has 0 spiro atoms. The molecule has 4 aromatic rings. The minimum absolute atomic E-state index is 0.243. The summed E-state index contributed by atoms with van der Waals surface area (Å²) in [6.07, 6.45) is 0. The zero-order valence-corrected chi connectivity index (χ0v) is 28.1. The topological polar surface area (TPSA) is 12.5 Å². The first-order valence-corrected chi connectivity index (χ1v) is 26.2. The zero-order chi connectivity index (χ0) is 25.7. The van der Waals surface area contributed by atoms with Gasteiger partial charge in [-0.2, -0.15) is 0 Å². The fourth-order valence-electron chi connectivity index (χ4n) is 4.49. The number of rotatable bonds is 9. The van der Waals surface area contributed by atoms with Crippen LogP contribution < -0.4 is 12.9 Å². The third kappa shape index (κ3) is 6.64. The van der Waals surface area contributed by atoms with Crippen LogP contribution >= 0.6 is 25.2 Å². The molecule has 0 saturated carbocycles. The van der Waals surface area contributed by atoms with Crippen LogP contribution in [0.3, 0.4) is 0 Å². The molecule has 0 aliphatic rings. The maximum absolute atomic E-state index is 6.33. The van der Waals surface area contributed by atoms with Crippen LogP contribution in [0, 0.1) is 6.92 Å². The predicted octanol–water partition coefficient (Wildman–Crippen LogP) is 9.49. The summed E-state index contributed by atoms with van der Waals surface area (Å²) in [5.74, 6) is 1.24. The molecule has 0 heterocycles. The number of halogens is 2. The summed E-state index contributed by atoms with van der Waals surface area (Å²) in [5.41, 5.74) is 7.33. The number of nitrogens with zero attached hydrogens (tertiary/aromatic N) is 1. The Morgan fingerprint density at radius 2 is 1.28 bits per heavy atom. The molecule has 6 heteroatoms. The number of hydrogen-bond donors (Lipinski definition) is 0. The zero-order valence-electron chi connectivity index (χ0n) is 21.1. The van der Waals surface area contributed by atoms with E-state index in [0.717, 1.165) is 17.1 Å². The standard InChI is InChI=1S/C30H32NOP.2ClH.Tl/c1-21(2)26-19-22(3)20-27(30(26)32)23(4)33-29-18-12-11-17-28(29)31(24-13-7-5-8-14-24)25-15-9-6-10-16-25;;;/h5-21,23,32-33H,1-4H3;2*1H;/q;;;+3/p-3. The molecule has 2 atom stereocenters. The molecule has 4 rings (SSSR count). The van der Waals surface area contributed by atoms with Gasteiger partial charge in [0.1, 0.15) is 0 Å². The van der Waals surface area contributed by atoms with Crippen molar-refractivity contribution in [2.24, 2.45) is 0 Å². The van der Waals surface area contributed by atoms with E-state index < -0.39 is 20.7 Å². The van der Waals surface area contributed by atoms with E-state index in [1.54, 1.807) is 0 Å². The second-order valence-corrected chi connectivity index (χ2v) is 22.7. The van der Waals surface area contributed by atoms with Crippen LogP contribution in [0.15, 0.2) is 97.1 Å². The Hall–Kier alpha value is -1.59. The Morgan fingerprint density at radius 1 is 0.750 bits per heavy atom. The monoisotopic (exact) mass is 727 g/mol.